The molecule has 0 aromatic carbocycles. The second-order valence-corrected chi connectivity index (χ2v) is 7.06. The first-order chi connectivity index (χ1) is 7.79. The van der Waals surface area contributed by atoms with E-state index in [1.54, 1.807) is 18.9 Å². The van der Waals surface area contributed by atoms with Crippen molar-refractivity contribution < 1.29 is 18.3 Å². The Hall–Kier alpha value is -0.620. The molecule has 0 saturated heterocycles. The van der Waals surface area contributed by atoms with E-state index < -0.39 is 27.1 Å². The minimum absolute atomic E-state index is 0.161. The highest BCUT2D eigenvalue weighted by Crippen LogP contribution is 2.30. The Kier molecular flexibility index (Phi) is 4.55. The maximum Gasteiger partial charge on any atom is 0.320 e. The lowest BCUT2D eigenvalue weighted by molar-refractivity contribution is -0.143. The number of nitrogens with zero attached hydrogens (tertiary/aromatic N) is 1. The molecule has 0 aliphatic heterocycles. The number of carboxylic acids is 1. The lowest BCUT2D eigenvalue weighted by Gasteiger charge is -2.32. The van der Waals surface area contributed by atoms with E-state index >= 15 is 0 Å². The van der Waals surface area contributed by atoms with Crippen LogP contribution in [0.3, 0.4) is 0 Å². The zero-order valence-corrected chi connectivity index (χ0v) is 11.4. The highest BCUT2D eigenvalue weighted by atomic mass is 32.2. The fraction of sp³-hybridized carbons (Fsp3) is 0.909. The van der Waals surface area contributed by atoms with E-state index in [1.807, 2.05) is 0 Å². The zero-order chi connectivity index (χ0) is 13.2. The lowest BCUT2D eigenvalue weighted by Crippen LogP contribution is -2.49. The fourth-order valence-electron chi connectivity index (χ4n) is 2.74. The van der Waals surface area contributed by atoms with E-state index in [0.29, 0.717) is 12.8 Å². The van der Waals surface area contributed by atoms with Crippen LogP contribution in [-0.2, 0) is 14.6 Å². The molecule has 0 bridgehead atoms. The second kappa shape index (κ2) is 5.35. The Morgan fingerprint density at radius 3 is 2.47 bits per heavy atom. The molecule has 1 rings (SSSR count). The third kappa shape index (κ3) is 3.19. The van der Waals surface area contributed by atoms with Crippen molar-refractivity contribution in [3.05, 3.63) is 0 Å². The molecule has 0 aromatic rings. The van der Waals surface area contributed by atoms with Gasteiger partial charge in [0.25, 0.3) is 0 Å². The summed E-state index contributed by atoms with van der Waals surface area (Å²) in [6, 6.07) is -0.756. The van der Waals surface area contributed by atoms with Gasteiger partial charge in [-0.2, -0.15) is 0 Å². The minimum Gasteiger partial charge on any atom is -0.480 e. The van der Waals surface area contributed by atoms with Crippen molar-refractivity contribution in [1.29, 1.82) is 0 Å². The van der Waals surface area contributed by atoms with Gasteiger partial charge in [-0.25, -0.2) is 8.42 Å². The number of likely N-dealkylation sites (N-methyl/N-ethyl adjacent to an activating group) is 1. The van der Waals surface area contributed by atoms with Crippen LogP contribution in [0, 0.1) is 0 Å². The summed E-state index contributed by atoms with van der Waals surface area (Å²) in [6.45, 7) is 1.81. The second-order valence-electron chi connectivity index (χ2n) is 4.79. The van der Waals surface area contributed by atoms with Crippen LogP contribution in [0.1, 0.15) is 32.6 Å². The van der Waals surface area contributed by atoms with Crippen molar-refractivity contribution in [2.75, 3.05) is 13.3 Å². The van der Waals surface area contributed by atoms with Gasteiger partial charge in [0.15, 0.2) is 9.84 Å². The van der Waals surface area contributed by atoms with Gasteiger partial charge in [0, 0.05) is 12.3 Å². The van der Waals surface area contributed by atoms with Gasteiger partial charge in [-0.3, -0.25) is 9.69 Å². The number of hydrogen-bond donors (Lipinski definition) is 1. The third-order valence-corrected chi connectivity index (χ3v) is 5.30. The summed E-state index contributed by atoms with van der Waals surface area (Å²) in [7, 11) is -1.38. The lowest BCUT2D eigenvalue weighted by atomic mass is 10.1. The first kappa shape index (κ1) is 14.4. The number of aliphatic carboxylic acids is 1. The molecular weight excluding hydrogens is 242 g/mol. The van der Waals surface area contributed by atoms with E-state index in [4.69, 9.17) is 5.11 Å². The average molecular weight is 263 g/mol. The van der Waals surface area contributed by atoms with E-state index in [1.165, 1.54) is 6.26 Å². The monoisotopic (exact) mass is 263 g/mol. The molecule has 5 nitrogen and oxygen atoms in total. The molecule has 1 saturated carbocycles. The molecule has 1 aliphatic carbocycles. The molecule has 0 amide bonds. The summed E-state index contributed by atoms with van der Waals surface area (Å²) in [5.74, 6) is -0.880. The topological polar surface area (TPSA) is 74.7 Å². The van der Waals surface area contributed by atoms with Crippen LogP contribution in [-0.4, -0.2) is 55.0 Å². The van der Waals surface area contributed by atoms with Gasteiger partial charge < -0.3 is 5.11 Å². The molecule has 0 radical (unpaired) electrons. The van der Waals surface area contributed by atoms with Crippen molar-refractivity contribution in [2.45, 2.75) is 49.9 Å². The maximum atomic E-state index is 11.7. The smallest absolute Gasteiger partial charge is 0.320 e. The molecule has 3 unspecified atom stereocenters. The highest BCUT2D eigenvalue weighted by Gasteiger charge is 2.40. The van der Waals surface area contributed by atoms with Gasteiger partial charge in [0.1, 0.15) is 6.04 Å². The number of hydrogen-bond acceptors (Lipinski definition) is 4. The van der Waals surface area contributed by atoms with Gasteiger partial charge in [-0.05, 0) is 26.3 Å². The van der Waals surface area contributed by atoms with Crippen molar-refractivity contribution in [2.24, 2.45) is 0 Å². The summed E-state index contributed by atoms with van der Waals surface area (Å²) >= 11 is 0. The predicted molar refractivity (Wildman–Crippen MR) is 65.7 cm³/mol. The van der Waals surface area contributed by atoms with Gasteiger partial charge in [0.05, 0.1) is 5.25 Å². The van der Waals surface area contributed by atoms with E-state index in [0.717, 1.165) is 12.8 Å². The first-order valence-corrected chi connectivity index (χ1v) is 7.88. The van der Waals surface area contributed by atoms with E-state index in [9.17, 15) is 13.2 Å². The predicted octanol–water partition coefficient (Wildman–Crippen LogP) is 0.747. The Morgan fingerprint density at radius 1 is 1.47 bits per heavy atom. The van der Waals surface area contributed by atoms with Crippen molar-refractivity contribution in [3.63, 3.8) is 0 Å². The SMILES string of the molecule is CCC(C(=O)O)N(C)C1CCCC1S(C)(=O)=O. The molecule has 1 N–H and O–H groups in total. The van der Waals surface area contributed by atoms with Crippen LogP contribution in [0.5, 0.6) is 0 Å². The summed E-state index contributed by atoms with van der Waals surface area (Å²) in [4.78, 5) is 12.8. The summed E-state index contributed by atoms with van der Waals surface area (Å²) in [5.41, 5.74) is 0. The van der Waals surface area contributed by atoms with Crippen LogP contribution in [0.4, 0.5) is 0 Å². The van der Waals surface area contributed by atoms with Gasteiger partial charge in [-0.1, -0.05) is 13.3 Å². The number of sulfone groups is 1. The first-order valence-electron chi connectivity index (χ1n) is 5.92. The highest BCUT2D eigenvalue weighted by molar-refractivity contribution is 7.91. The van der Waals surface area contributed by atoms with E-state index in [-0.39, 0.29) is 6.04 Å². The van der Waals surface area contributed by atoms with E-state index in [2.05, 4.69) is 0 Å². The molecular formula is C11H21NO4S. The molecule has 1 aliphatic rings. The Balaban J connectivity index is 2.88. The molecule has 3 atom stereocenters. The molecule has 0 aromatic heterocycles. The number of rotatable bonds is 5. The van der Waals surface area contributed by atoms with Crippen LogP contribution in [0.15, 0.2) is 0 Å². The summed E-state index contributed by atoms with van der Waals surface area (Å²) in [5, 5.41) is 8.69. The normalized spacial score (nSPS) is 27.3. The standard InChI is InChI=1S/C11H21NO4S/c1-4-8(11(13)14)12(2)9-6-5-7-10(9)17(3,15)16/h8-10H,4-7H2,1-3H3,(H,13,14). The third-order valence-electron chi connectivity index (χ3n) is 3.65. The number of carboxylic acid groups (broad SMARTS) is 1. The molecule has 0 heterocycles. The Morgan fingerprint density at radius 2 is 2.06 bits per heavy atom. The molecule has 0 spiro atoms. The van der Waals surface area contributed by atoms with Crippen LogP contribution in [0.2, 0.25) is 0 Å². The Bertz CT molecular complexity index is 379. The molecule has 17 heavy (non-hydrogen) atoms. The molecule has 1 fully saturated rings. The average Bonchev–Trinajstić information content (AvgIpc) is 2.65. The van der Waals surface area contributed by atoms with Crippen LogP contribution >= 0.6 is 0 Å². The van der Waals surface area contributed by atoms with Crippen LogP contribution in [0.25, 0.3) is 0 Å². The fourth-order valence-corrected chi connectivity index (χ4v) is 4.23. The summed E-state index contributed by atoms with van der Waals surface area (Å²) in [6.07, 6.45) is 3.98. The van der Waals surface area contributed by atoms with Crippen molar-refractivity contribution >= 4 is 15.8 Å². The largest absolute Gasteiger partial charge is 0.480 e. The molecule has 6 heteroatoms. The number of carbonyl (C=O) groups is 1. The van der Waals surface area contributed by atoms with Gasteiger partial charge in [0.2, 0.25) is 0 Å². The minimum atomic E-state index is -3.10. The van der Waals surface area contributed by atoms with Gasteiger partial charge >= 0.3 is 5.97 Å². The van der Waals surface area contributed by atoms with Crippen molar-refractivity contribution in [1.82, 2.24) is 4.90 Å². The van der Waals surface area contributed by atoms with Crippen molar-refractivity contribution in [3.8, 4) is 0 Å². The quantitative estimate of drug-likeness (QED) is 0.792. The maximum absolute atomic E-state index is 11.7. The Labute approximate surface area is 103 Å². The zero-order valence-electron chi connectivity index (χ0n) is 10.6. The molecule has 100 valence electrons. The summed E-state index contributed by atoms with van der Waals surface area (Å²) < 4.78 is 23.3. The van der Waals surface area contributed by atoms with Gasteiger partial charge in [-0.15, -0.1) is 0 Å². The van der Waals surface area contributed by atoms with Crippen LogP contribution < -0.4 is 0 Å².